The third-order valence-corrected chi connectivity index (χ3v) is 3.23. The van der Waals surface area contributed by atoms with Gasteiger partial charge in [-0.25, -0.2) is 4.79 Å². The molecule has 5 nitrogen and oxygen atoms in total. The Bertz CT molecular complexity index is 618. The Hall–Kier alpha value is -2.38. The summed E-state index contributed by atoms with van der Waals surface area (Å²) in [7, 11) is 0. The minimum atomic E-state index is -4.49. The average Bonchev–Trinajstić information content (AvgIpc) is 3.18. The molecule has 1 N–H and O–H groups in total. The van der Waals surface area contributed by atoms with Crippen LogP contribution in [0.1, 0.15) is 30.5 Å². The Morgan fingerprint density at radius 3 is 2.41 bits per heavy atom. The minimum Gasteiger partial charge on any atom is -0.478 e. The normalized spacial score (nSPS) is 16.0. The van der Waals surface area contributed by atoms with Crippen molar-refractivity contribution in [1.29, 1.82) is 0 Å². The highest BCUT2D eigenvalue weighted by atomic mass is 19.4. The van der Waals surface area contributed by atoms with Gasteiger partial charge in [0.2, 0.25) is 0 Å². The minimum absolute atomic E-state index is 0.217. The van der Waals surface area contributed by atoms with Gasteiger partial charge in [0.25, 0.3) is 0 Å². The summed E-state index contributed by atoms with van der Waals surface area (Å²) < 4.78 is 42.6. The molecule has 2 rings (SSSR count). The number of pyridine rings is 1. The number of nitrogens with zero attached hydrogens (tertiary/aromatic N) is 1. The van der Waals surface area contributed by atoms with Crippen LogP contribution in [-0.2, 0) is 26.1 Å². The number of alkyl halides is 3. The standard InChI is InChI=1S/C14H12F3NO4/c1-8(12(20)21)6-11(19)22-13(4-5-13)10-3-2-9(7-18-10)14(15,16)17/h2-3,7H,1,4-6H2,(H,20,21). The first kappa shape index (κ1) is 16.0. The molecule has 0 aromatic carbocycles. The molecule has 0 radical (unpaired) electrons. The molecule has 0 amide bonds. The van der Waals surface area contributed by atoms with Gasteiger partial charge in [-0.05, 0) is 25.0 Å². The van der Waals surface area contributed by atoms with E-state index in [4.69, 9.17) is 9.84 Å². The largest absolute Gasteiger partial charge is 0.478 e. The van der Waals surface area contributed by atoms with Crippen LogP contribution in [0.2, 0.25) is 0 Å². The molecule has 1 aliphatic rings. The van der Waals surface area contributed by atoms with Crippen LogP contribution in [-0.4, -0.2) is 22.0 Å². The zero-order chi connectivity index (χ0) is 16.5. The van der Waals surface area contributed by atoms with Gasteiger partial charge in [-0.15, -0.1) is 0 Å². The van der Waals surface area contributed by atoms with E-state index in [1.807, 2.05) is 0 Å². The molecule has 1 heterocycles. The van der Waals surface area contributed by atoms with Gasteiger partial charge in [-0.1, -0.05) is 6.58 Å². The van der Waals surface area contributed by atoms with Crippen LogP contribution in [0.5, 0.6) is 0 Å². The van der Waals surface area contributed by atoms with Crippen LogP contribution in [0.3, 0.4) is 0 Å². The molecule has 1 aromatic rings. The molecule has 1 fully saturated rings. The number of ether oxygens (including phenoxy) is 1. The number of rotatable bonds is 5. The summed E-state index contributed by atoms with van der Waals surface area (Å²) in [6.07, 6.45) is -3.44. The lowest BCUT2D eigenvalue weighted by atomic mass is 10.1. The number of esters is 1. The first-order valence-corrected chi connectivity index (χ1v) is 6.31. The van der Waals surface area contributed by atoms with E-state index in [1.165, 1.54) is 0 Å². The highest BCUT2D eigenvalue weighted by Gasteiger charge is 2.50. The highest BCUT2D eigenvalue weighted by molar-refractivity contribution is 5.91. The van der Waals surface area contributed by atoms with Gasteiger partial charge in [0.05, 0.1) is 17.7 Å². The van der Waals surface area contributed by atoms with Crippen LogP contribution in [0.25, 0.3) is 0 Å². The first-order chi connectivity index (χ1) is 10.1. The van der Waals surface area contributed by atoms with Crippen molar-refractivity contribution in [1.82, 2.24) is 4.98 Å². The molecule has 0 unspecified atom stereocenters. The molecule has 0 atom stereocenters. The van der Waals surface area contributed by atoms with Crippen molar-refractivity contribution in [2.45, 2.75) is 31.0 Å². The number of carboxylic acid groups (broad SMARTS) is 1. The second kappa shape index (κ2) is 5.43. The van der Waals surface area contributed by atoms with E-state index in [0.717, 1.165) is 12.1 Å². The molecule has 0 aliphatic heterocycles. The topological polar surface area (TPSA) is 76.5 Å². The third-order valence-electron chi connectivity index (χ3n) is 3.23. The van der Waals surface area contributed by atoms with Gasteiger partial charge in [0, 0.05) is 11.8 Å². The SMILES string of the molecule is C=C(CC(=O)OC1(c2ccc(C(F)(F)F)cn2)CC1)C(=O)O. The van der Waals surface area contributed by atoms with Crippen molar-refractivity contribution in [2.24, 2.45) is 0 Å². The van der Waals surface area contributed by atoms with E-state index >= 15 is 0 Å². The number of carbonyl (C=O) groups is 2. The molecular formula is C14H12F3NO4. The molecule has 22 heavy (non-hydrogen) atoms. The number of aliphatic carboxylic acids is 1. The summed E-state index contributed by atoms with van der Waals surface area (Å²) >= 11 is 0. The van der Waals surface area contributed by atoms with Gasteiger partial charge in [0.1, 0.15) is 0 Å². The van der Waals surface area contributed by atoms with E-state index in [2.05, 4.69) is 11.6 Å². The maximum Gasteiger partial charge on any atom is 0.417 e. The summed E-state index contributed by atoms with van der Waals surface area (Å²) in [5, 5.41) is 8.64. The third kappa shape index (κ3) is 3.44. The predicted molar refractivity (Wildman–Crippen MR) is 67.6 cm³/mol. The number of halogens is 3. The molecular weight excluding hydrogens is 303 g/mol. The Morgan fingerprint density at radius 2 is 2.00 bits per heavy atom. The smallest absolute Gasteiger partial charge is 0.417 e. The lowest BCUT2D eigenvalue weighted by molar-refractivity contribution is -0.152. The van der Waals surface area contributed by atoms with E-state index in [1.54, 1.807) is 0 Å². The van der Waals surface area contributed by atoms with Crippen molar-refractivity contribution in [3.63, 3.8) is 0 Å². The van der Waals surface area contributed by atoms with Crippen LogP contribution < -0.4 is 0 Å². The van der Waals surface area contributed by atoms with Crippen molar-refractivity contribution >= 4 is 11.9 Å². The molecule has 1 aromatic heterocycles. The van der Waals surface area contributed by atoms with Crippen molar-refractivity contribution in [2.75, 3.05) is 0 Å². The lowest BCUT2D eigenvalue weighted by Crippen LogP contribution is -2.20. The summed E-state index contributed by atoms with van der Waals surface area (Å²) in [4.78, 5) is 26.0. The van der Waals surface area contributed by atoms with Crippen molar-refractivity contribution in [3.8, 4) is 0 Å². The second-order valence-corrected chi connectivity index (χ2v) is 4.98. The summed E-state index contributed by atoms with van der Waals surface area (Å²) in [5.74, 6) is -2.11. The van der Waals surface area contributed by atoms with E-state index in [-0.39, 0.29) is 11.3 Å². The number of carboxylic acids is 1. The summed E-state index contributed by atoms with van der Waals surface area (Å²) in [6, 6.07) is 2.03. The van der Waals surface area contributed by atoms with Gasteiger partial charge < -0.3 is 9.84 Å². The van der Waals surface area contributed by atoms with Crippen LogP contribution >= 0.6 is 0 Å². The fourth-order valence-electron chi connectivity index (χ4n) is 1.86. The highest BCUT2D eigenvalue weighted by Crippen LogP contribution is 2.49. The predicted octanol–water partition coefficient (Wildman–Crippen LogP) is 2.66. The first-order valence-electron chi connectivity index (χ1n) is 6.31. The quantitative estimate of drug-likeness (QED) is 0.668. The Morgan fingerprint density at radius 1 is 1.36 bits per heavy atom. The van der Waals surface area contributed by atoms with Crippen molar-refractivity contribution < 1.29 is 32.6 Å². The van der Waals surface area contributed by atoms with Gasteiger partial charge in [-0.2, -0.15) is 13.2 Å². The van der Waals surface area contributed by atoms with E-state index in [9.17, 15) is 22.8 Å². The number of aromatic nitrogens is 1. The molecule has 1 saturated carbocycles. The number of carbonyl (C=O) groups excluding carboxylic acids is 1. The lowest BCUT2D eigenvalue weighted by Gasteiger charge is -2.17. The molecule has 1 aliphatic carbocycles. The summed E-state index contributed by atoms with van der Waals surface area (Å²) in [6.45, 7) is 3.21. The fraction of sp³-hybridized carbons (Fsp3) is 0.357. The Balaban J connectivity index is 2.07. The fourth-order valence-corrected chi connectivity index (χ4v) is 1.86. The Labute approximate surface area is 123 Å². The zero-order valence-electron chi connectivity index (χ0n) is 11.3. The second-order valence-electron chi connectivity index (χ2n) is 4.98. The van der Waals surface area contributed by atoms with Crippen LogP contribution in [0.15, 0.2) is 30.5 Å². The number of hydrogen-bond donors (Lipinski definition) is 1. The van der Waals surface area contributed by atoms with E-state index in [0.29, 0.717) is 19.0 Å². The molecule has 8 heteroatoms. The molecule has 118 valence electrons. The van der Waals surface area contributed by atoms with Gasteiger partial charge in [0.15, 0.2) is 5.60 Å². The van der Waals surface area contributed by atoms with Crippen LogP contribution in [0, 0.1) is 0 Å². The number of hydrogen-bond acceptors (Lipinski definition) is 4. The van der Waals surface area contributed by atoms with Crippen LogP contribution in [0.4, 0.5) is 13.2 Å². The zero-order valence-corrected chi connectivity index (χ0v) is 11.3. The van der Waals surface area contributed by atoms with Gasteiger partial charge in [-0.3, -0.25) is 9.78 Å². The maximum atomic E-state index is 12.5. The van der Waals surface area contributed by atoms with E-state index < -0.39 is 35.7 Å². The summed E-state index contributed by atoms with van der Waals surface area (Å²) in [5.41, 5.74) is -2.05. The molecule has 0 saturated heterocycles. The average molecular weight is 315 g/mol. The van der Waals surface area contributed by atoms with Gasteiger partial charge >= 0.3 is 18.1 Å². The Kier molecular flexibility index (Phi) is 3.95. The molecule has 0 spiro atoms. The monoisotopic (exact) mass is 315 g/mol. The maximum absolute atomic E-state index is 12.5. The molecule has 0 bridgehead atoms. The van der Waals surface area contributed by atoms with Crippen molar-refractivity contribution in [3.05, 3.63) is 41.7 Å².